The van der Waals surface area contributed by atoms with E-state index in [1.807, 2.05) is 0 Å². The summed E-state index contributed by atoms with van der Waals surface area (Å²) in [6.07, 6.45) is 2.17. The van der Waals surface area contributed by atoms with Gasteiger partial charge in [0.25, 0.3) is 0 Å². The summed E-state index contributed by atoms with van der Waals surface area (Å²) in [7, 11) is 0. The van der Waals surface area contributed by atoms with Gasteiger partial charge in [-0.3, -0.25) is 4.90 Å². The molecule has 3 rings (SSSR count). The third-order valence-corrected chi connectivity index (χ3v) is 4.17. The lowest BCUT2D eigenvalue weighted by molar-refractivity contribution is 0.228. The van der Waals surface area contributed by atoms with Crippen LogP contribution in [0.3, 0.4) is 0 Å². The summed E-state index contributed by atoms with van der Waals surface area (Å²) < 4.78 is 2.27. The Hall–Kier alpha value is -1.39. The number of rotatable bonds is 2. The second-order valence-electron chi connectivity index (χ2n) is 7.12. The van der Waals surface area contributed by atoms with E-state index in [4.69, 9.17) is 4.98 Å². The molecule has 0 amide bonds. The normalized spacial score (nSPS) is 17.5. The maximum absolute atomic E-state index is 4.93. The molecule has 1 fully saturated rings. The van der Waals surface area contributed by atoms with E-state index in [9.17, 15) is 0 Å². The van der Waals surface area contributed by atoms with Crippen LogP contribution in [-0.4, -0.2) is 40.5 Å². The van der Waals surface area contributed by atoms with E-state index in [0.29, 0.717) is 0 Å². The highest BCUT2D eigenvalue weighted by Gasteiger charge is 2.25. The molecule has 2 aromatic rings. The lowest BCUT2D eigenvalue weighted by atomic mass is 9.90. The standard InChI is InChI=1S/C17H26N4/c1-13-5-8-21-14(12-20-9-6-18-7-10-20)16(17(2,3)4)19-15(21)11-13/h5,8,11,18H,6-7,9-10,12H2,1-4H3. The van der Waals surface area contributed by atoms with Crippen molar-refractivity contribution in [2.45, 2.75) is 39.7 Å². The first-order chi connectivity index (χ1) is 9.95. The van der Waals surface area contributed by atoms with E-state index in [1.54, 1.807) is 0 Å². The molecule has 1 aliphatic heterocycles. The molecule has 0 unspecified atom stereocenters. The average molecular weight is 286 g/mol. The van der Waals surface area contributed by atoms with Crippen molar-refractivity contribution in [2.75, 3.05) is 26.2 Å². The van der Waals surface area contributed by atoms with Crippen LogP contribution in [0.4, 0.5) is 0 Å². The zero-order chi connectivity index (χ0) is 15.0. The first-order valence-electron chi connectivity index (χ1n) is 7.86. The van der Waals surface area contributed by atoms with Crippen LogP contribution in [0.2, 0.25) is 0 Å². The molecule has 0 bridgehead atoms. The summed E-state index contributed by atoms with van der Waals surface area (Å²) in [5.74, 6) is 0. The third kappa shape index (κ3) is 2.97. The number of hydrogen-bond donors (Lipinski definition) is 1. The van der Waals surface area contributed by atoms with Gasteiger partial charge in [-0.2, -0.15) is 0 Å². The molecule has 0 aliphatic carbocycles. The van der Waals surface area contributed by atoms with Crippen molar-refractivity contribution in [1.29, 1.82) is 0 Å². The summed E-state index contributed by atoms with van der Waals surface area (Å²) in [6.45, 7) is 14.3. The molecule has 1 saturated heterocycles. The molecule has 2 aromatic heterocycles. The van der Waals surface area contributed by atoms with E-state index in [1.165, 1.54) is 17.0 Å². The number of fused-ring (bicyclic) bond motifs is 1. The highest BCUT2D eigenvalue weighted by Crippen LogP contribution is 2.27. The maximum atomic E-state index is 4.93. The number of piperazine rings is 1. The molecule has 4 nitrogen and oxygen atoms in total. The summed E-state index contributed by atoms with van der Waals surface area (Å²) in [4.78, 5) is 7.45. The first-order valence-corrected chi connectivity index (χ1v) is 7.86. The molecule has 0 atom stereocenters. The molecule has 1 N–H and O–H groups in total. The van der Waals surface area contributed by atoms with Crippen LogP contribution in [0.1, 0.15) is 37.7 Å². The highest BCUT2D eigenvalue weighted by molar-refractivity contribution is 5.47. The van der Waals surface area contributed by atoms with Gasteiger partial charge >= 0.3 is 0 Å². The fraction of sp³-hybridized carbons (Fsp3) is 0.588. The van der Waals surface area contributed by atoms with E-state index in [-0.39, 0.29) is 5.41 Å². The Kier molecular flexibility index (Phi) is 3.76. The predicted octanol–water partition coefficient (Wildman–Crippen LogP) is 2.35. The Bertz CT molecular complexity index is 630. The topological polar surface area (TPSA) is 32.6 Å². The lowest BCUT2D eigenvalue weighted by Crippen LogP contribution is -2.43. The molecular weight excluding hydrogens is 260 g/mol. The molecule has 0 saturated carbocycles. The summed E-state index contributed by atoms with van der Waals surface area (Å²) >= 11 is 0. The molecule has 21 heavy (non-hydrogen) atoms. The van der Waals surface area contributed by atoms with Crippen molar-refractivity contribution in [1.82, 2.24) is 19.6 Å². The van der Waals surface area contributed by atoms with Crippen LogP contribution < -0.4 is 5.32 Å². The van der Waals surface area contributed by atoms with Crippen molar-refractivity contribution in [3.63, 3.8) is 0 Å². The Morgan fingerprint density at radius 3 is 2.62 bits per heavy atom. The number of pyridine rings is 1. The number of imidazole rings is 1. The summed E-state index contributed by atoms with van der Waals surface area (Å²) in [5, 5.41) is 3.42. The summed E-state index contributed by atoms with van der Waals surface area (Å²) in [5.41, 5.74) is 4.99. The first kappa shape index (κ1) is 14.5. The van der Waals surface area contributed by atoms with E-state index in [2.05, 4.69) is 60.6 Å². The number of nitrogens with one attached hydrogen (secondary N) is 1. The number of hydrogen-bond acceptors (Lipinski definition) is 3. The zero-order valence-corrected chi connectivity index (χ0v) is 13.6. The van der Waals surface area contributed by atoms with E-state index >= 15 is 0 Å². The molecule has 114 valence electrons. The van der Waals surface area contributed by atoms with Gasteiger partial charge in [0, 0.05) is 44.3 Å². The second kappa shape index (κ2) is 5.43. The molecule has 4 heteroatoms. The quantitative estimate of drug-likeness (QED) is 0.920. The molecular formula is C17H26N4. The minimum absolute atomic E-state index is 0.0727. The Balaban J connectivity index is 2.04. The van der Waals surface area contributed by atoms with Crippen molar-refractivity contribution in [2.24, 2.45) is 0 Å². The predicted molar refractivity (Wildman–Crippen MR) is 86.8 cm³/mol. The minimum Gasteiger partial charge on any atom is -0.314 e. The zero-order valence-electron chi connectivity index (χ0n) is 13.6. The van der Waals surface area contributed by atoms with Crippen molar-refractivity contribution >= 4 is 5.65 Å². The van der Waals surface area contributed by atoms with Gasteiger partial charge in [-0.05, 0) is 24.6 Å². The van der Waals surface area contributed by atoms with Gasteiger partial charge in [0.05, 0.1) is 11.4 Å². The van der Waals surface area contributed by atoms with Crippen LogP contribution in [0.25, 0.3) is 5.65 Å². The molecule has 1 aliphatic rings. The molecule has 0 spiro atoms. The lowest BCUT2D eigenvalue weighted by Gasteiger charge is -2.28. The summed E-state index contributed by atoms with van der Waals surface area (Å²) in [6, 6.07) is 4.35. The van der Waals surface area contributed by atoms with Gasteiger partial charge in [0.1, 0.15) is 5.65 Å². The van der Waals surface area contributed by atoms with Crippen molar-refractivity contribution in [3.8, 4) is 0 Å². The number of aromatic nitrogens is 2. The van der Waals surface area contributed by atoms with Crippen LogP contribution in [0.5, 0.6) is 0 Å². The van der Waals surface area contributed by atoms with Gasteiger partial charge < -0.3 is 9.72 Å². The Labute approximate surface area is 127 Å². The van der Waals surface area contributed by atoms with Crippen LogP contribution >= 0.6 is 0 Å². The van der Waals surface area contributed by atoms with Gasteiger partial charge in [0.2, 0.25) is 0 Å². The number of nitrogens with zero attached hydrogens (tertiary/aromatic N) is 3. The largest absolute Gasteiger partial charge is 0.314 e. The van der Waals surface area contributed by atoms with Crippen molar-refractivity contribution in [3.05, 3.63) is 35.3 Å². The SMILES string of the molecule is Cc1ccn2c(CN3CCNCC3)c(C(C)(C)C)nc2c1. The smallest absolute Gasteiger partial charge is 0.137 e. The second-order valence-corrected chi connectivity index (χ2v) is 7.12. The minimum atomic E-state index is 0.0727. The fourth-order valence-electron chi connectivity index (χ4n) is 3.03. The van der Waals surface area contributed by atoms with Gasteiger partial charge in [-0.15, -0.1) is 0 Å². The van der Waals surface area contributed by atoms with Crippen molar-refractivity contribution < 1.29 is 0 Å². The van der Waals surface area contributed by atoms with Crippen LogP contribution in [-0.2, 0) is 12.0 Å². The van der Waals surface area contributed by atoms with Gasteiger partial charge in [0.15, 0.2) is 0 Å². The van der Waals surface area contributed by atoms with E-state index < -0.39 is 0 Å². The Morgan fingerprint density at radius 1 is 1.24 bits per heavy atom. The fourth-order valence-corrected chi connectivity index (χ4v) is 3.03. The van der Waals surface area contributed by atoms with Gasteiger partial charge in [-0.1, -0.05) is 20.8 Å². The Morgan fingerprint density at radius 2 is 1.95 bits per heavy atom. The third-order valence-electron chi connectivity index (χ3n) is 4.17. The molecule has 0 radical (unpaired) electrons. The molecule has 3 heterocycles. The van der Waals surface area contributed by atoms with Crippen LogP contribution in [0.15, 0.2) is 18.3 Å². The maximum Gasteiger partial charge on any atom is 0.137 e. The average Bonchev–Trinajstić information content (AvgIpc) is 2.78. The van der Waals surface area contributed by atoms with Gasteiger partial charge in [-0.25, -0.2) is 4.98 Å². The van der Waals surface area contributed by atoms with Crippen LogP contribution in [0, 0.1) is 6.92 Å². The molecule has 0 aromatic carbocycles. The number of aryl methyl sites for hydroxylation is 1. The highest BCUT2D eigenvalue weighted by atomic mass is 15.2. The monoisotopic (exact) mass is 286 g/mol. The van der Waals surface area contributed by atoms with E-state index in [0.717, 1.165) is 38.4 Å².